The predicted octanol–water partition coefficient (Wildman–Crippen LogP) is 4.68. The molecule has 8 nitrogen and oxygen atoms in total. The first-order valence-electron chi connectivity index (χ1n) is 9.62. The molecule has 0 atom stereocenters. The smallest absolute Gasteiger partial charge is 0.277 e. The van der Waals surface area contributed by atoms with Crippen LogP contribution in [0.1, 0.15) is 32.1 Å². The number of rotatable bonds is 7. The van der Waals surface area contributed by atoms with E-state index in [1.54, 1.807) is 24.3 Å². The van der Waals surface area contributed by atoms with Crippen molar-refractivity contribution in [3.05, 3.63) is 82.1 Å². The highest BCUT2D eigenvalue weighted by Gasteiger charge is 2.13. The summed E-state index contributed by atoms with van der Waals surface area (Å²) in [5.74, 6) is 1.15. The topological polar surface area (TPSA) is 107 Å². The van der Waals surface area contributed by atoms with Crippen LogP contribution in [-0.2, 0) is 10.2 Å². The van der Waals surface area contributed by atoms with Crippen LogP contribution < -0.4 is 10.2 Å². The number of furan rings is 1. The van der Waals surface area contributed by atoms with E-state index in [2.05, 4.69) is 31.3 Å². The minimum atomic E-state index is -0.461. The van der Waals surface area contributed by atoms with E-state index in [0.717, 1.165) is 0 Å². The highest BCUT2D eigenvalue weighted by molar-refractivity contribution is 5.81. The van der Waals surface area contributed by atoms with Crippen molar-refractivity contribution in [2.24, 2.45) is 5.10 Å². The van der Waals surface area contributed by atoms with Gasteiger partial charge in [-0.05, 0) is 47.4 Å². The zero-order chi connectivity index (χ0) is 22.4. The van der Waals surface area contributed by atoms with Gasteiger partial charge >= 0.3 is 0 Å². The monoisotopic (exact) mass is 421 g/mol. The molecule has 0 bridgehead atoms. The summed E-state index contributed by atoms with van der Waals surface area (Å²) in [4.78, 5) is 22.2. The lowest BCUT2D eigenvalue weighted by molar-refractivity contribution is -0.384. The van der Waals surface area contributed by atoms with Gasteiger partial charge in [0.2, 0.25) is 0 Å². The normalized spacial score (nSPS) is 11.5. The first kappa shape index (κ1) is 21.8. The van der Waals surface area contributed by atoms with Crippen LogP contribution in [-0.4, -0.2) is 23.7 Å². The fourth-order valence-corrected chi connectivity index (χ4v) is 2.72. The standard InChI is InChI=1S/C23H23N3O5/c1-23(2,3)17-6-10-19(11-7-17)30-15-22(27)25-24-14-20-12-13-21(31-20)16-4-8-18(9-5-16)26(28)29/h4-14H,15H2,1-3H3,(H,25,27)/b24-14-. The van der Waals surface area contributed by atoms with Gasteiger partial charge in [-0.3, -0.25) is 14.9 Å². The summed E-state index contributed by atoms with van der Waals surface area (Å²) in [6.45, 7) is 6.21. The number of nitrogens with zero attached hydrogens (tertiary/aromatic N) is 2. The Balaban J connectivity index is 1.49. The second-order valence-corrected chi connectivity index (χ2v) is 7.86. The predicted molar refractivity (Wildman–Crippen MR) is 117 cm³/mol. The molecule has 160 valence electrons. The van der Waals surface area contributed by atoms with Gasteiger partial charge in [-0.2, -0.15) is 5.10 Å². The molecule has 1 amide bonds. The second-order valence-electron chi connectivity index (χ2n) is 7.86. The number of carbonyl (C=O) groups is 1. The summed E-state index contributed by atoms with van der Waals surface area (Å²) in [5, 5.41) is 14.6. The van der Waals surface area contributed by atoms with E-state index in [0.29, 0.717) is 22.8 Å². The number of nitrogens with one attached hydrogen (secondary N) is 1. The Kier molecular flexibility index (Phi) is 6.49. The van der Waals surface area contributed by atoms with Gasteiger partial charge in [0.1, 0.15) is 17.3 Å². The van der Waals surface area contributed by atoms with Crippen LogP contribution in [0.5, 0.6) is 5.75 Å². The quantitative estimate of drug-likeness (QED) is 0.339. The van der Waals surface area contributed by atoms with Gasteiger partial charge in [0.25, 0.3) is 11.6 Å². The summed E-state index contributed by atoms with van der Waals surface area (Å²) < 4.78 is 11.1. The molecule has 0 unspecified atom stereocenters. The van der Waals surface area contributed by atoms with Crippen LogP contribution in [0.15, 0.2) is 70.2 Å². The minimum absolute atomic E-state index is 0.00664. The Bertz CT molecular complexity index is 1080. The van der Waals surface area contributed by atoms with Crippen LogP contribution in [0.4, 0.5) is 5.69 Å². The van der Waals surface area contributed by atoms with Crippen LogP contribution in [0.25, 0.3) is 11.3 Å². The molecule has 3 aromatic rings. The third kappa shape index (κ3) is 6.02. The van der Waals surface area contributed by atoms with Gasteiger partial charge in [-0.1, -0.05) is 32.9 Å². The molecule has 0 radical (unpaired) electrons. The average molecular weight is 421 g/mol. The van der Waals surface area contributed by atoms with Crippen molar-refractivity contribution in [3.63, 3.8) is 0 Å². The van der Waals surface area contributed by atoms with Gasteiger partial charge in [-0.15, -0.1) is 0 Å². The van der Waals surface area contributed by atoms with Crippen molar-refractivity contribution in [3.8, 4) is 17.1 Å². The van der Waals surface area contributed by atoms with E-state index in [-0.39, 0.29) is 17.7 Å². The summed E-state index contributed by atoms with van der Waals surface area (Å²) in [6.07, 6.45) is 1.37. The highest BCUT2D eigenvalue weighted by atomic mass is 16.6. The summed E-state index contributed by atoms with van der Waals surface area (Å²) in [5.41, 5.74) is 4.31. The zero-order valence-corrected chi connectivity index (χ0v) is 17.5. The third-order valence-corrected chi connectivity index (χ3v) is 4.46. The van der Waals surface area contributed by atoms with Gasteiger partial charge in [0.05, 0.1) is 11.1 Å². The summed E-state index contributed by atoms with van der Waals surface area (Å²) in [6, 6.07) is 17.0. The fraction of sp³-hybridized carbons (Fsp3) is 0.217. The van der Waals surface area contributed by atoms with E-state index in [1.807, 2.05) is 24.3 Å². The molecule has 0 aliphatic rings. The maximum atomic E-state index is 11.9. The average Bonchev–Trinajstić information content (AvgIpc) is 3.21. The number of hydrazone groups is 1. The van der Waals surface area contributed by atoms with Crippen LogP contribution in [0.2, 0.25) is 0 Å². The van der Waals surface area contributed by atoms with E-state index in [1.165, 1.54) is 23.9 Å². The maximum Gasteiger partial charge on any atom is 0.277 e. The highest BCUT2D eigenvalue weighted by Crippen LogP contribution is 2.25. The van der Waals surface area contributed by atoms with Crippen molar-refractivity contribution in [1.29, 1.82) is 0 Å². The first-order chi connectivity index (χ1) is 14.7. The Hall–Kier alpha value is -3.94. The molecule has 0 saturated heterocycles. The zero-order valence-electron chi connectivity index (χ0n) is 17.5. The number of nitro groups is 1. The fourth-order valence-electron chi connectivity index (χ4n) is 2.72. The lowest BCUT2D eigenvalue weighted by atomic mass is 9.87. The lowest BCUT2D eigenvalue weighted by Gasteiger charge is -2.19. The number of hydrogen-bond donors (Lipinski definition) is 1. The SMILES string of the molecule is CC(C)(C)c1ccc(OCC(=O)N/N=C\c2ccc(-c3ccc([N+](=O)[O-])cc3)o2)cc1. The van der Waals surface area contributed by atoms with Crippen LogP contribution in [0.3, 0.4) is 0 Å². The second kappa shape index (κ2) is 9.25. The van der Waals surface area contributed by atoms with Crippen LogP contribution in [0, 0.1) is 10.1 Å². The number of carbonyl (C=O) groups excluding carboxylic acids is 1. The number of amides is 1. The molecule has 0 saturated carbocycles. The van der Waals surface area contributed by atoms with Gasteiger partial charge < -0.3 is 9.15 Å². The molecular weight excluding hydrogens is 398 g/mol. The Morgan fingerprint density at radius 2 is 1.77 bits per heavy atom. The molecule has 0 aliphatic heterocycles. The van der Waals surface area contributed by atoms with Crippen LogP contribution >= 0.6 is 0 Å². The van der Waals surface area contributed by atoms with Crippen molar-refractivity contribution >= 4 is 17.8 Å². The molecule has 1 aromatic heterocycles. The Labute approximate surface area is 179 Å². The number of benzene rings is 2. The molecule has 1 heterocycles. The molecule has 0 spiro atoms. The van der Waals surface area contributed by atoms with E-state index >= 15 is 0 Å². The third-order valence-electron chi connectivity index (χ3n) is 4.46. The number of nitro benzene ring substituents is 1. The minimum Gasteiger partial charge on any atom is -0.484 e. The number of hydrogen-bond acceptors (Lipinski definition) is 6. The largest absolute Gasteiger partial charge is 0.484 e. The summed E-state index contributed by atoms with van der Waals surface area (Å²) >= 11 is 0. The maximum absolute atomic E-state index is 11.9. The molecule has 0 aliphatic carbocycles. The van der Waals surface area contributed by atoms with Crippen molar-refractivity contribution in [2.75, 3.05) is 6.61 Å². The number of ether oxygens (including phenoxy) is 1. The Morgan fingerprint density at radius 1 is 1.10 bits per heavy atom. The van der Waals surface area contributed by atoms with Crippen molar-refractivity contribution in [2.45, 2.75) is 26.2 Å². The van der Waals surface area contributed by atoms with E-state index in [4.69, 9.17) is 9.15 Å². The lowest BCUT2D eigenvalue weighted by Crippen LogP contribution is -2.24. The van der Waals surface area contributed by atoms with Gasteiger partial charge in [-0.25, -0.2) is 5.43 Å². The summed E-state index contributed by atoms with van der Waals surface area (Å²) in [7, 11) is 0. The molecule has 0 fully saturated rings. The molecule has 1 N–H and O–H groups in total. The molecule has 3 rings (SSSR count). The van der Waals surface area contributed by atoms with Gasteiger partial charge in [0.15, 0.2) is 6.61 Å². The van der Waals surface area contributed by atoms with Gasteiger partial charge in [0, 0.05) is 17.7 Å². The van der Waals surface area contributed by atoms with E-state index in [9.17, 15) is 14.9 Å². The first-order valence-corrected chi connectivity index (χ1v) is 9.62. The molecule has 8 heteroatoms. The van der Waals surface area contributed by atoms with Crippen molar-refractivity contribution in [1.82, 2.24) is 5.43 Å². The number of non-ortho nitro benzene ring substituents is 1. The van der Waals surface area contributed by atoms with E-state index < -0.39 is 10.8 Å². The molecule has 2 aromatic carbocycles. The molecule has 31 heavy (non-hydrogen) atoms. The Morgan fingerprint density at radius 3 is 2.39 bits per heavy atom. The van der Waals surface area contributed by atoms with Crippen molar-refractivity contribution < 1.29 is 18.9 Å². The molecular formula is C23H23N3O5.